The van der Waals surface area contributed by atoms with Crippen LogP contribution >= 0.6 is 15.9 Å². The average Bonchev–Trinajstić information content (AvgIpc) is 2.92. The quantitative estimate of drug-likeness (QED) is 0.572. The molecule has 1 atom stereocenters. The van der Waals surface area contributed by atoms with Crippen LogP contribution in [0, 0.1) is 5.82 Å². The zero-order chi connectivity index (χ0) is 17.3. The van der Waals surface area contributed by atoms with Crippen LogP contribution in [0.5, 0.6) is 0 Å². The maximum Gasteiger partial charge on any atom is 0.339 e. The lowest BCUT2D eigenvalue weighted by molar-refractivity contribution is -0.133. The summed E-state index contributed by atoms with van der Waals surface area (Å²) in [4.78, 5) is 12.1. The summed E-state index contributed by atoms with van der Waals surface area (Å²) in [7, 11) is 0. The first-order chi connectivity index (χ1) is 11.5. The smallest absolute Gasteiger partial charge is 0.339 e. The summed E-state index contributed by atoms with van der Waals surface area (Å²) in [6.07, 6.45) is 0. The van der Waals surface area contributed by atoms with Gasteiger partial charge in [-0.25, -0.2) is 9.18 Å². The third-order valence-corrected chi connectivity index (χ3v) is 4.86. The van der Waals surface area contributed by atoms with Crippen molar-refractivity contribution in [3.8, 4) is 0 Å². The summed E-state index contributed by atoms with van der Waals surface area (Å²) >= 11 is 0.924. The molecule has 0 saturated heterocycles. The van der Waals surface area contributed by atoms with Gasteiger partial charge in [-0.3, -0.25) is 4.21 Å². The molecular weight excluding hydrogens is 399 g/mol. The van der Waals surface area contributed by atoms with Crippen LogP contribution in [-0.2, 0) is 26.4 Å². The zero-order valence-electron chi connectivity index (χ0n) is 12.3. The van der Waals surface area contributed by atoms with Gasteiger partial charge >= 0.3 is 5.97 Å². The number of hydrogen-bond acceptors (Lipinski definition) is 4. The highest BCUT2D eigenvalue weighted by Crippen LogP contribution is 2.34. The zero-order valence-corrected chi connectivity index (χ0v) is 14.7. The fourth-order valence-electron chi connectivity index (χ4n) is 2.51. The van der Waals surface area contributed by atoms with Crippen LogP contribution in [-0.4, -0.2) is 21.3 Å². The van der Waals surface area contributed by atoms with Crippen molar-refractivity contribution in [2.24, 2.45) is 0 Å². The molecule has 1 aliphatic rings. The van der Waals surface area contributed by atoms with E-state index in [2.05, 4.69) is 15.9 Å². The van der Waals surface area contributed by atoms with E-state index in [1.165, 1.54) is 12.1 Å². The highest BCUT2D eigenvalue weighted by Gasteiger charge is 2.27. The highest BCUT2D eigenvalue weighted by molar-refractivity contribution is 9.10. The maximum atomic E-state index is 13.8. The average molecular weight is 410 g/mol. The molecule has 0 bridgehead atoms. The van der Waals surface area contributed by atoms with E-state index in [1.54, 1.807) is 30.3 Å². The molecule has 0 aromatic heterocycles. The molecule has 2 aromatic rings. The van der Waals surface area contributed by atoms with Gasteiger partial charge in [0, 0.05) is 11.3 Å². The van der Waals surface area contributed by atoms with Gasteiger partial charge < -0.3 is 9.29 Å². The Morgan fingerprint density at radius 3 is 2.46 bits per heavy atom. The van der Waals surface area contributed by atoms with E-state index in [9.17, 15) is 17.9 Å². The van der Waals surface area contributed by atoms with Crippen LogP contribution < -0.4 is 0 Å². The summed E-state index contributed by atoms with van der Waals surface area (Å²) in [5, 5.41) is 0. The number of benzene rings is 2. The second kappa shape index (κ2) is 6.96. The number of ether oxygens (including phenoxy) is 1. The minimum Gasteiger partial charge on any atom is -0.772 e. The van der Waals surface area contributed by atoms with Crippen LogP contribution in [0.15, 0.2) is 46.9 Å². The molecule has 4 nitrogen and oxygen atoms in total. The lowest BCUT2D eigenvalue weighted by atomic mass is 9.96. The number of hydrogen-bond donors (Lipinski definition) is 0. The summed E-state index contributed by atoms with van der Waals surface area (Å²) in [6, 6.07) is 11.3. The van der Waals surface area contributed by atoms with Crippen molar-refractivity contribution >= 4 is 44.1 Å². The first-order valence-corrected chi connectivity index (χ1v) is 9.00. The van der Waals surface area contributed by atoms with E-state index < -0.39 is 22.9 Å². The van der Waals surface area contributed by atoms with E-state index in [-0.39, 0.29) is 12.4 Å². The van der Waals surface area contributed by atoms with Crippen LogP contribution in [0.4, 0.5) is 4.39 Å². The Morgan fingerprint density at radius 2 is 1.83 bits per heavy atom. The Kier molecular flexibility index (Phi) is 4.93. The molecule has 0 amide bonds. The van der Waals surface area contributed by atoms with Crippen molar-refractivity contribution in [1.29, 1.82) is 0 Å². The molecule has 0 radical (unpaired) electrons. The second-order valence-corrected chi connectivity index (χ2v) is 6.95. The monoisotopic (exact) mass is 409 g/mol. The second-order valence-electron chi connectivity index (χ2n) is 5.20. The molecule has 1 unspecified atom stereocenters. The van der Waals surface area contributed by atoms with Gasteiger partial charge in [0.1, 0.15) is 12.4 Å². The third-order valence-electron chi connectivity index (χ3n) is 3.65. The third kappa shape index (κ3) is 3.48. The lowest BCUT2D eigenvalue weighted by Crippen LogP contribution is -1.99. The standard InChI is InChI=1S/C17H12BrFO4S/c18-14-6-5-12(7-15(14)19)16-13(8-23-17(16)20)11-3-1-10(2-4-11)9-24(21)22/h1-7H,8-9H2,(H,21,22)/p-1. The number of carbonyl (C=O) groups excluding carboxylic acids is 1. The summed E-state index contributed by atoms with van der Waals surface area (Å²) < 4.78 is 40.7. The molecule has 24 heavy (non-hydrogen) atoms. The Hall–Kier alpha value is -1.83. The van der Waals surface area contributed by atoms with E-state index in [0.717, 1.165) is 5.56 Å². The van der Waals surface area contributed by atoms with Gasteiger partial charge in [-0.1, -0.05) is 41.4 Å². The van der Waals surface area contributed by atoms with E-state index >= 15 is 0 Å². The van der Waals surface area contributed by atoms with Gasteiger partial charge in [0.25, 0.3) is 0 Å². The molecule has 0 spiro atoms. The van der Waals surface area contributed by atoms with Crippen LogP contribution in [0.3, 0.4) is 0 Å². The molecule has 1 aliphatic heterocycles. The number of esters is 1. The normalized spacial score (nSPS) is 15.5. The molecule has 0 saturated carbocycles. The fourth-order valence-corrected chi connectivity index (χ4v) is 3.23. The van der Waals surface area contributed by atoms with Crippen molar-refractivity contribution in [3.05, 3.63) is 69.4 Å². The highest BCUT2D eigenvalue weighted by atomic mass is 79.9. The van der Waals surface area contributed by atoms with Gasteiger partial charge in [-0.05, 0) is 44.8 Å². The molecule has 3 rings (SSSR count). The van der Waals surface area contributed by atoms with Gasteiger partial charge in [-0.2, -0.15) is 0 Å². The van der Waals surface area contributed by atoms with Crippen LogP contribution in [0.2, 0.25) is 0 Å². The molecule has 1 heterocycles. The van der Waals surface area contributed by atoms with Gasteiger partial charge in [0.05, 0.1) is 10.0 Å². The van der Waals surface area contributed by atoms with Crippen molar-refractivity contribution in [2.75, 3.05) is 6.61 Å². The Bertz CT molecular complexity index is 861. The van der Waals surface area contributed by atoms with E-state index in [4.69, 9.17) is 4.74 Å². The molecule has 2 aromatic carbocycles. The Morgan fingerprint density at radius 1 is 1.17 bits per heavy atom. The van der Waals surface area contributed by atoms with E-state index in [0.29, 0.717) is 26.7 Å². The minimum absolute atomic E-state index is 0.0699. The first-order valence-electron chi connectivity index (χ1n) is 6.96. The predicted octanol–water partition coefficient (Wildman–Crippen LogP) is 3.43. The summed E-state index contributed by atoms with van der Waals surface area (Å²) in [5.41, 5.74) is 2.80. The number of carbonyl (C=O) groups is 1. The van der Waals surface area contributed by atoms with Crippen LogP contribution in [0.25, 0.3) is 11.1 Å². The van der Waals surface area contributed by atoms with Crippen LogP contribution in [0.1, 0.15) is 16.7 Å². The van der Waals surface area contributed by atoms with Crippen molar-refractivity contribution < 1.29 is 22.7 Å². The van der Waals surface area contributed by atoms with Gasteiger partial charge in [0.2, 0.25) is 0 Å². The molecule has 0 fully saturated rings. The largest absolute Gasteiger partial charge is 0.772 e. The topological polar surface area (TPSA) is 66.4 Å². The minimum atomic E-state index is -2.16. The molecular formula is C17H11BrFO4S-. The molecule has 0 aliphatic carbocycles. The fraction of sp³-hybridized carbons (Fsp3) is 0.118. The molecule has 7 heteroatoms. The van der Waals surface area contributed by atoms with E-state index in [1.807, 2.05) is 0 Å². The molecule has 124 valence electrons. The summed E-state index contributed by atoms with van der Waals surface area (Å²) in [5.74, 6) is -1.04. The number of halogens is 2. The SMILES string of the molecule is O=C1OCC(c2ccc(CS(=O)[O-])cc2)=C1c1ccc(Br)c(F)c1. The predicted molar refractivity (Wildman–Crippen MR) is 90.9 cm³/mol. The van der Waals surface area contributed by atoms with Crippen molar-refractivity contribution in [2.45, 2.75) is 5.75 Å². The maximum absolute atomic E-state index is 13.8. The van der Waals surface area contributed by atoms with Crippen molar-refractivity contribution in [3.63, 3.8) is 0 Å². The number of cyclic esters (lactones) is 1. The number of rotatable bonds is 4. The first kappa shape index (κ1) is 17.0. The summed E-state index contributed by atoms with van der Waals surface area (Å²) in [6.45, 7) is 0.0959. The lowest BCUT2D eigenvalue weighted by Gasteiger charge is -2.08. The van der Waals surface area contributed by atoms with Crippen molar-refractivity contribution in [1.82, 2.24) is 0 Å². The molecule has 0 N–H and O–H groups in total. The van der Waals surface area contributed by atoms with Gasteiger partial charge in [0.15, 0.2) is 0 Å². The van der Waals surface area contributed by atoms with Gasteiger partial charge in [-0.15, -0.1) is 0 Å². The Balaban J connectivity index is 2.02. The Labute approximate surface area is 148 Å².